The molecule has 1 aliphatic heterocycles. The van der Waals surface area contributed by atoms with Gasteiger partial charge in [0.15, 0.2) is 0 Å². The van der Waals surface area contributed by atoms with Gasteiger partial charge in [-0.25, -0.2) is 0 Å². The van der Waals surface area contributed by atoms with Crippen LogP contribution in [0.1, 0.15) is 65.6 Å². The van der Waals surface area contributed by atoms with Crippen LogP contribution in [0.15, 0.2) is 71.1 Å². The molecule has 0 unspecified atom stereocenters. The van der Waals surface area contributed by atoms with E-state index in [2.05, 4.69) is 35.3 Å². The number of hydrogen-bond donors (Lipinski definition) is 1. The van der Waals surface area contributed by atoms with E-state index in [1.165, 1.54) is 23.3 Å². The minimum absolute atomic E-state index is 0.154. The first-order chi connectivity index (χ1) is 20.2. The molecule has 0 atom stereocenters. The predicted octanol–water partition coefficient (Wildman–Crippen LogP) is 8.22. The lowest BCUT2D eigenvalue weighted by Gasteiger charge is -2.33. The molecule has 5 rings (SSSR count). The fourth-order valence-electron chi connectivity index (χ4n) is 5.64. The van der Waals surface area contributed by atoms with Crippen LogP contribution in [-0.4, -0.2) is 43.6 Å². The van der Waals surface area contributed by atoms with Crippen molar-refractivity contribution in [3.63, 3.8) is 0 Å². The Morgan fingerprint density at radius 3 is 2.48 bits per heavy atom. The number of ether oxygens (including phenoxy) is 1. The Balaban J connectivity index is 1.06. The van der Waals surface area contributed by atoms with Crippen LogP contribution in [0.4, 0.5) is 13.2 Å². The first kappa shape index (κ1) is 29.7. The number of furan rings is 1. The van der Waals surface area contributed by atoms with Crippen LogP contribution in [-0.2, 0) is 6.18 Å². The molecule has 4 aromatic rings. The Bertz CT molecular complexity index is 1500. The zero-order valence-electron chi connectivity index (χ0n) is 24.1. The Morgan fingerprint density at radius 1 is 1.00 bits per heavy atom. The summed E-state index contributed by atoms with van der Waals surface area (Å²) in [4.78, 5) is 15.3. The normalized spacial score (nSPS) is 14.8. The second-order valence-corrected chi connectivity index (χ2v) is 11.0. The van der Waals surface area contributed by atoms with Gasteiger partial charge in [0.25, 0.3) is 5.91 Å². The number of nitrogens with one attached hydrogen (secondary N) is 1. The number of benzene rings is 3. The first-order valence-corrected chi connectivity index (χ1v) is 14.7. The molecule has 42 heavy (non-hydrogen) atoms. The molecule has 5 nitrogen and oxygen atoms in total. The second-order valence-electron chi connectivity index (χ2n) is 11.0. The summed E-state index contributed by atoms with van der Waals surface area (Å²) in [6.45, 7) is 8.54. The number of amides is 1. The maximum atomic E-state index is 12.9. The van der Waals surface area contributed by atoms with Crippen molar-refractivity contribution in [1.82, 2.24) is 10.2 Å². The minimum atomic E-state index is -4.39. The van der Waals surface area contributed by atoms with E-state index in [9.17, 15) is 18.0 Å². The number of likely N-dealkylation sites (tertiary alicyclic amines) is 1. The summed E-state index contributed by atoms with van der Waals surface area (Å²) < 4.78 is 50.3. The third-order valence-electron chi connectivity index (χ3n) is 7.96. The number of unbranched alkanes of at least 4 members (excludes halogenated alkanes) is 1. The lowest BCUT2D eigenvalue weighted by atomic mass is 9.88. The number of nitrogens with zero attached hydrogens (tertiary/aromatic N) is 1. The predicted molar refractivity (Wildman–Crippen MR) is 159 cm³/mol. The molecule has 1 fully saturated rings. The molecule has 3 aromatic carbocycles. The lowest BCUT2D eigenvalue weighted by Crippen LogP contribution is -2.34. The molecular formula is C34H37F3N2O3. The van der Waals surface area contributed by atoms with Gasteiger partial charge in [-0.1, -0.05) is 24.3 Å². The van der Waals surface area contributed by atoms with E-state index >= 15 is 0 Å². The van der Waals surface area contributed by atoms with Crippen LogP contribution in [0.25, 0.3) is 22.3 Å². The maximum absolute atomic E-state index is 12.9. The molecule has 222 valence electrons. The topological polar surface area (TPSA) is 54.7 Å². The van der Waals surface area contributed by atoms with E-state index in [-0.39, 0.29) is 5.91 Å². The Morgan fingerprint density at radius 2 is 1.76 bits per heavy atom. The smallest absolute Gasteiger partial charge is 0.416 e. The summed E-state index contributed by atoms with van der Waals surface area (Å²) in [7, 11) is 0. The Kier molecular flexibility index (Phi) is 9.21. The molecule has 0 spiro atoms. The van der Waals surface area contributed by atoms with E-state index in [1.807, 2.05) is 6.92 Å². The van der Waals surface area contributed by atoms with Gasteiger partial charge in [0.05, 0.1) is 12.2 Å². The van der Waals surface area contributed by atoms with E-state index in [0.29, 0.717) is 41.5 Å². The average molecular weight is 579 g/mol. The van der Waals surface area contributed by atoms with Gasteiger partial charge in [-0.15, -0.1) is 0 Å². The molecule has 1 saturated heterocycles. The van der Waals surface area contributed by atoms with Crippen molar-refractivity contribution in [2.45, 2.75) is 51.6 Å². The zero-order valence-corrected chi connectivity index (χ0v) is 24.1. The van der Waals surface area contributed by atoms with Crippen molar-refractivity contribution in [3.05, 3.63) is 89.0 Å². The molecular weight excluding hydrogens is 541 g/mol. The highest BCUT2D eigenvalue weighted by Crippen LogP contribution is 2.35. The number of hydrogen-bond acceptors (Lipinski definition) is 4. The number of fused-ring (bicyclic) bond motifs is 1. The fourth-order valence-corrected chi connectivity index (χ4v) is 5.64. The van der Waals surface area contributed by atoms with Crippen molar-refractivity contribution in [2.75, 3.05) is 32.8 Å². The number of piperidine rings is 1. The minimum Gasteiger partial charge on any atom is -0.494 e. The van der Waals surface area contributed by atoms with Crippen molar-refractivity contribution in [1.29, 1.82) is 0 Å². The molecule has 1 amide bonds. The molecule has 0 bridgehead atoms. The van der Waals surface area contributed by atoms with Crippen molar-refractivity contribution < 1.29 is 27.1 Å². The van der Waals surface area contributed by atoms with Crippen LogP contribution in [0.3, 0.4) is 0 Å². The first-order valence-electron chi connectivity index (χ1n) is 14.7. The maximum Gasteiger partial charge on any atom is 0.416 e. The van der Waals surface area contributed by atoms with E-state index < -0.39 is 11.7 Å². The summed E-state index contributed by atoms with van der Waals surface area (Å²) in [5.74, 6) is 1.85. The van der Waals surface area contributed by atoms with Crippen molar-refractivity contribution in [2.24, 2.45) is 0 Å². The molecule has 0 aliphatic carbocycles. The van der Waals surface area contributed by atoms with Gasteiger partial charge < -0.3 is 19.4 Å². The summed E-state index contributed by atoms with van der Waals surface area (Å²) in [6, 6.07) is 18.3. The highest BCUT2D eigenvalue weighted by Gasteiger charge is 2.30. The van der Waals surface area contributed by atoms with Gasteiger partial charge in [0, 0.05) is 23.1 Å². The lowest BCUT2D eigenvalue weighted by molar-refractivity contribution is -0.137. The Hall–Kier alpha value is -3.78. The largest absolute Gasteiger partial charge is 0.494 e. The quantitative estimate of drug-likeness (QED) is 0.193. The van der Waals surface area contributed by atoms with E-state index in [1.54, 1.807) is 24.3 Å². The summed E-state index contributed by atoms with van der Waals surface area (Å²) in [6.07, 6.45) is -0.239. The molecule has 1 aromatic heterocycles. The third-order valence-corrected chi connectivity index (χ3v) is 7.96. The summed E-state index contributed by atoms with van der Waals surface area (Å²) >= 11 is 0. The zero-order chi connectivity index (χ0) is 29.7. The third kappa shape index (κ3) is 7.16. The summed E-state index contributed by atoms with van der Waals surface area (Å²) in [5.41, 5.74) is 3.47. The molecule has 0 radical (unpaired) electrons. The van der Waals surface area contributed by atoms with E-state index in [0.717, 1.165) is 68.6 Å². The van der Waals surface area contributed by atoms with Crippen LogP contribution in [0, 0.1) is 6.92 Å². The van der Waals surface area contributed by atoms with Crippen LogP contribution in [0.2, 0.25) is 0 Å². The van der Waals surface area contributed by atoms with Gasteiger partial charge in [0.2, 0.25) is 0 Å². The Labute approximate surface area is 244 Å². The number of aryl methyl sites for hydroxylation is 1. The van der Waals surface area contributed by atoms with Gasteiger partial charge in [0.1, 0.15) is 17.1 Å². The molecule has 8 heteroatoms. The standard InChI is InChI=1S/C34H37F3N2O3/c1-3-41-32-20-23(2)6-12-29(32)24-14-18-39(19-15-24)17-5-4-16-38-33(40)26-9-13-30-27(21-26)22-31(42-30)25-7-10-28(11-8-25)34(35,36)37/h6-13,20-22,24H,3-5,14-19H2,1-2H3,(H,38,40). The molecule has 1 N–H and O–H groups in total. The van der Waals surface area contributed by atoms with Crippen molar-refractivity contribution in [3.8, 4) is 17.1 Å². The monoisotopic (exact) mass is 578 g/mol. The summed E-state index contributed by atoms with van der Waals surface area (Å²) in [5, 5.41) is 3.73. The highest BCUT2D eigenvalue weighted by atomic mass is 19.4. The van der Waals surface area contributed by atoms with Crippen LogP contribution < -0.4 is 10.1 Å². The van der Waals surface area contributed by atoms with Gasteiger partial charge in [-0.2, -0.15) is 13.2 Å². The van der Waals surface area contributed by atoms with Gasteiger partial charge in [-0.3, -0.25) is 4.79 Å². The SMILES string of the molecule is CCOc1cc(C)ccc1C1CCN(CCCCNC(=O)c2ccc3oc(-c4ccc(C(F)(F)F)cc4)cc3c2)CC1. The van der Waals surface area contributed by atoms with Crippen LogP contribution >= 0.6 is 0 Å². The van der Waals surface area contributed by atoms with Gasteiger partial charge >= 0.3 is 6.18 Å². The van der Waals surface area contributed by atoms with Crippen LogP contribution in [0.5, 0.6) is 5.75 Å². The van der Waals surface area contributed by atoms with Gasteiger partial charge in [-0.05, 0) is 119 Å². The fraction of sp³-hybridized carbons (Fsp3) is 0.382. The van der Waals surface area contributed by atoms with E-state index in [4.69, 9.17) is 9.15 Å². The highest BCUT2D eigenvalue weighted by molar-refractivity contribution is 5.98. The molecule has 1 aliphatic rings. The number of halogens is 3. The van der Waals surface area contributed by atoms with Crippen molar-refractivity contribution >= 4 is 16.9 Å². The molecule has 2 heterocycles. The average Bonchev–Trinajstić information content (AvgIpc) is 3.41. The number of rotatable bonds is 10. The number of alkyl halides is 3. The number of carbonyl (C=O) groups is 1. The molecule has 0 saturated carbocycles. The second kappa shape index (κ2) is 13.0. The number of carbonyl (C=O) groups excluding carboxylic acids is 1.